The summed E-state index contributed by atoms with van der Waals surface area (Å²) in [5, 5.41) is 14.1. The zero-order valence-electron chi connectivity index (χ0n) is 16.6. The molecule has 3 aromatic carbocycles. The molecular formula is C24H19ClN2O4. The maximum Gasteiger partial charge on any atom is 0.352 e. The summed E-state index contributed by atoms with van der Waals surface area (Å²) in [6.45, 7) is 0.447. The van der Waals surface area contributed by atoms with Gasteiger partial charge in [-0.25, -0.2) is 9.59 Å². The number of carbonyl (C=O) groups excluding carboxylic acids is 1. The molecule has 0 bridgehead atoms. The van der Waals surface area contributed by atoms with Crippen molar-refractivity contribution in [3.8, 4) is 0 Å². The quantitative estimate of drug-likeness (QED) is 0.388. The summed E-state index contributed by atoms with van der Waals surface area (Å²) in [4.78, 5) is 23.9. The molecule has 6 nitrogen and oxygen atoms in total. The average molecular weight is 435 g/mol. The zero-order chi connectivity index (χ0) is 22.0. The lowest BCUT2D eigenvalue weighted by Gasteiger charge is -2.12. The number of carboxylic acid groups (broad SMARTS) is 1. The third-order valence-corrected chi connectivity index (χ3v) is 5.21. The lowest BCUT2D eigenvalue weighted by Crippen LogP contribution is -2.09. The van der Waals surface area contributed by atoms with Crippen LogP contribution in [0.25, 0.3) is 10.9 Å². The number of rotatable bonds is 6. The number of aromatic carboxylic acids is 1. The number of benzene rings is 3. The van der Waals surface area contributed by atoms with Crippen molar-refractivity contribution in [2.45, 2.75) is 6.54 Å². The molecule has 7 heteroatoms. The van der Waals surface area contributed by atoms with Crippen molar-refractivity contribution < 1.29 is 19.4 Å². The Labute approximate surface area is 183 Å². The standard InChI is InChI=1S/C24H19ClN2O4/c1-31-24(30)19-13-17(25)7-9-20(19)26-18-8-10-21-16(11-18)12-22(23(28)29)27(21)14-15-5-3-2-4-6-15/h2-13,26H,14H2,1H3,(H,28,29). The van der Waals surface area contributed by atoms with Gasteiger partial charge in [-0.1, -0.05) is 41.9 Å². The van der Waals surface area contributed by atoms with Crippen LogP contribution < -0.4 is 5.32 Å². The van der Waals surface area contributed by atoms with Gasteiger partial charge in [-0.15, -0.1) is 0 Å². The fourth-order valence-corrected chi connectivity index (χ4v) is 3.69. The number of ether oxygens (including phenoxy) is 1. The summed E-state index contributed by atoms with van der Waals surface area (Å²) in [6, 6.07) is 21.8. The van der Waals surface area contributed by atoms with Gasteiger partial charge in [0.25, 0.3) is 0 Å². The Balaban J connectivity index is 1.73. The third kappa shape index (κ3) is 4.25. The SMILES string of the molecule is COC(=O)c1cc(Cl)ccc1Nc1ccc2c(c1)cc(C(=O)O)n2Cc1ccccc1. The fraction of sp³-hybridized carbons (Fsp3) is 0.0833. The predicted octanol–water partition coefficient (Wildman–Crippen LogP) is 5.57. The average Bonchev–Trinajstić information content (AvgIpc) is 3.13. The van der Waals surface area contributed by atoms with E-state index in [1.54, 1.807) is 22.8 Å². The molecular weight excluding hydrogens is 416 g/mol. The number of anilines is 2. The van der Waals surface area contributed by atoms with Crippen LogP contribution in [0, 0.1) is 0 Å². The Bertz CT molecular complexity index is 1280. The molecule has 0 saturated carbocycles. The number of methoxy groups -OCH3 is 1. The zero-order valence-corrected chi connectivity index (χ0v) is 17.4. The van der Waals surface area contributed by atoms with Crippen LogP contribution in [-0.2, 0) is 11.3 Å². The fourth-order valence-electron chi connectivity index (χ4n) is 3.52. The summed E-state index contributed by atoms with van der Waals surface area (Å²) >= 11 is 6.02. The molecule has 0 radical (unpaired) electrons. The van der Waals surface area contributed by atoms with Crippen molar-refractivity contribution in [1.29, 1.82) is 0 Å². The molecule has 4 rings (SSSR count). The van der Waals surface area contributed by atoms with Crippen molar-refractivity contribution in [2.24, 2.45) is 0 Å². The first-order valence-corrected chi connectivity index (χ1v) is 9.89. The lowest BCUT2D eigenvalue weighted by molar-refractivity contribution is 0.0601. The van der Waals surface area contributed by atoms with Crippen LogP contribution in [0.3, 0.4) is 0 Å². The van der Waals surface area contributed by atoms with Gasteiger partial charge in [0.15, 0.2) is 0 Å². The Kier molecular flexibility index (Phi) is 5.64. The van der Waals surface area contributed by atoms with Crippen LogP contribution in [0.1, 0.15) is 26.4 Å². The summed E-state index contributed by atoms with van der Waals surface area (Å²) in [5.41, 5.74) is 3.57. The number of nitrogens with zero attached hydrogens (tertiary/aromatic N) is 1. The van der Waals surface area contributed by atoms with Crippen LogP contribution >= 0.6 is 11.6 Å². The second kappa shape index (κ2) is 8.53. The van der Waals surface area contributed by atoms with E-state index in [9.17, 15) is 14.7 Å². The normalized spacial score (nSPS) is 10.8. The second-order valence-corrected chi connectivity index (χ2v) is 7.42. The number of fused-ring (bicyclic) bond motifs is 1. The van der Waals surface area contributed by atoms with Gasteiger partial charge in [-0.2, -0.15) is 0 Å². The van der Waals surface area contributed by atoms with E-state index in [0.717, 1.165) is 16.5 Å². The van der Waals surface area contributed by atoms with Gasteiger partial charge in [0.05, 0.1) is 18.4 Å². The van der Waals surface area contributed by atoms with E-state index < -0.39 is 11.9 Å². The minimum absolute atomic E-state index is 0.206. The molecule has 0 unspecified atom stereocenters. The van der Waals surface area contributed by atoms with Gasteiger partial charge in [-0.3, -0.25) is 0 Å². The van der Waals surface area contributed by atoms with Crippen molar-refractivity contribution >= 4 is 45.8 Å². The number of halogens is 1. The number of hydrogen-bond donors (Lipinski definition) is 2. The lowest BCUT2D eigenvalue weighted by atomic mass is 10.1. The molecule has 1 heterocycles. The molecule has 0 amide bonds. The number of nitrogens with one attached hydrogen (secondary N) is 1. The van der Waals surface area contributed by atoms with Gasteiger partial charge in [0.2, 0.25) is 0 Å². The van der Waals surface area contributed by atoms with Crippen LogP contribution in [0.5, 0.6) is 0 Å². The Morgan fingerprint density at radius 3 is 2.52 bits per heavy atom. The van der Waals surface area contributed by atoms with E-state index in [2.05, 4.69) is 5.32 Å². The molecule has 1 aromatic heterocycles. The molecule has 0 aliphatic heterocycles. The minimum Gasteiger partial charge on any atom is -0.477 e. The van der Waals surface area contributed by atoms with Crippen molar-refractivity contribution in [3.05, 3.63) is 94.6 Å². The molecule has 0 saturated heterocycles. The smallest absolute Gasteiger partial charge is 0.352 e. The molecule has 31 heavy (non-hydrogen) atoms. The van der Waals surface area contributed by atoms with Crippen LogP contribution in [0.4, 0.5) is 11.4 Å². The summed E-state index contributed by atoms with van der Waals surface area (Å²) in [6.07, 6.45) is 0. The molecule has 2 N–H and O–H groups in total. The molecule has 0 spiro atoms. The van der Waals surface area contributed by atoms with Gasteiger partial charge < -0.3 is 19.7 Å². The number of aromatic nitrogens is 1. The highest BCUT2D eigenvalue weighted by Crippen LogP contribution is 2.29. The van der Waals surface area contributed by atoms with Crippen LogP contribution in [-0.4, -0.2) is 28.7 Å². The highest BCUT2D eigenvalue weighted by atomic mass is 35.5. The van der Waals surface area contributed by atoms with Crippen molar-refractivity contribution in [2.75, 3.05) is 12.4 Å². The highest BCUT2D eigenvalue weighted by molar-refractivity contribution is 6.31. The van der Waals surface area contributed by atoms with Gasteiger partial charge in [-0.05, 0) is 48.0 Å². The molecule has 156 valence electrons. The molecule has 4 aromatic rings. The van der Waals surface area contributed by atoms with Crippen LogP contribution in [0.2, 0.25) is 5.02 Å². The summed E-state index contributed by atoms with van der Waals surface area (Å²) in [5.74, 6) is -1.50. The number of hydrogen-bond acceptors (Lipinski definition) is 4. The van der Waals surface area contributed by atoms with Gasteiger partial charge >= 0.3 is 11.9 Å². The third-order valence-electron chi connectivity index (χ3n) is 4.97. The van der Waals surface area contributed by atoms with E-state index >= 15 is 0 Å². The minimum atomic E-state index is -0.993. The summed E-state index contributed by atoms with van der Waals surface area (Å²) in [7, 11) is 1.31. The van der Waals surface area contributed by atoms with E-state index in [0.29, 0.717) is 28.5 Å². The van der Waals surface area contributed by atoms with Gasteiger partial charge in [0.1, 0.15) is 5.69 Å². The first-order valence-electron chi connectivity index (χ1n) is 9.51. The maximum atomic E-state index is 12.1. The Hall–Kier alpha value is -3.77. The predicted molar refractivity (Wildman–Crippen MR) is 121 cm³/mol. The Morgan fingerprint density at radius 1 is 1.03 bits per heavy atom. The Morgan fingerprint density at radius 2 is 1.81 bits per heavy atom. The van der Waals surface area contributed by atoms with Crippen LogP contribution in [0.15, 0.2) is 72.8 Å². The van der Waals surface area contributed by atoms with E-state index in [4.69, 9.17) is 16.3 Å². The highest BCUT2D eigenvalue weighted by Gasteiger charge is 2.17. The van der Waals surface area contributed by atoms with Crippen molar-refractivity contribution in [1.82, 2.24) is 4.57 Å². The van der Waals surface area contributed by atoms with Gasteiger partial charge in [0, 0.05) is 28.2 Å². The summed E-state index contributed by atoms with van der Waals surface area (Å²) < 4.78 is 6.61. The number of carboxylic acids is 1. The molecule has 0 aliphatic carbocycles. The topological polar surface area (TPSA) is 80.6 Å². The van der Waals surface area contributed by atoms with E-state index in [1.165, 1.54) is 13.2 Å². The molecule has 0 aliphatic rings. The van der Waals surface area contributed by atoms with E-state index in [-0.39, 0.29) is 5.69 Å². The number of carbonyl (C=O) groups is 2. The van der Waals surface area contributed by atoms with E-state index in [1.807, 2.05) is 48.5 Å². The second-order valence-electron chi connectivity index (χ2n) is 6.99. The van der Waals surface area contributed by atoms with Crippen molar-refractivity contribution in [3.63, 3.8) is 0 Å². The first-order chi connectivity index (χ1) is 15.0. The number of esters is 1. The molecule has 0 fully saturated rings. The monoisotopic (exact) mass is 434 g/mol. The largest absolute Gasteiger partial charge is 0.477 e. The maximum absolute atomic E-state index is 12.1. The first kappa shape index (κ1) is 20.5. The molecule has 0 atom stereocenters.